The van der Waals surface area contributed by atoms with Crippen molar-refractivity contribution in [1.82, 2.24) is 15.5 Å². The Morgan fingerprint density at radius 3 is 2.65 bits per heavy atom. The van der Waals surface area contributed by atoms with Crippen molar-refractivity contribution in [2.45, 2.75) is 19.3 Å². The Bertz CT molecular complexity index is 603. The first-order valence-electron chi connectivity index (χ1n) is 9.14. The molecule has 2 N–H and O–H groups in total. The Morgan fingerprint density at radius 2 is 1.96 bits per heavy atom. The molecule has 7 heteroatoms. The molecule has 1 fully saturated rings. The third-order valence-corrected chi connectivity index (χ3v) is 4.60. The van der Waals surface area contributed by atoms with Crippen LogP contribution in [0.1, 0.15) is 29.6 Å². The summed E-state index contributed by atoms with van der Waals surface area (Å²) in [7, 11) is 3.75. The fourth-order valence-corrected chi connectivity index (χ4v) is 2.99. The average molecular weight is 364 g/mol. The fourth-order valence-electron chi connectivity index (χ4n) is 2.99. The Balaban J connectivity index is 1.67. The van der Waals surface area contributed by atoms with Gasteiger partial charge in [-0.25, -0.2) is 4.39 Å². The van der Waals surface area contributed by atoms with Crippen molar-refractivity contribution in [2.24, 2.45) is 10.9 Å². The molecule has 1 heterocycles. The molecule has 144 valence electrons. The summed E-state index contributed by atoms with van der Waals surface area (Å²) in [6.45, 7) is 3.56. The zero-order valence-corrected chi connectivity index (χ0v) is 15.6. The van der Waals surface area contributed by atoms with Crippen LogP contribution in [-0.2, 0) is 4.74 Å². The number of aliphatic imine (C=N–C) groups is 1. The van der Waals surface area contributed by atoms with Crippen molar-refractivity contribution < 1.29 is 13.9 Å². The van der Waals surface area contributed by atoms with E-state index in [9.17, 15) is 9.18 Å². The van der Waals surface area contributed by atoms with Crippen LogP contribution in [0.2, 0.25) is 0 Å². The topological polar surface area (TPSA) is 66.0 Å². The molecule has 0 spiro atoms. The number of guanidine groups is 1. The van der Waals surface area contributed by atoms with Crippen molar-refractivity contribution >= 4 is 11.9 Å². The van der Waals surface area contributed by atoms with E-state index in [0.29, 0.717) is 19.0 Å². The first-order chi connectivity index (χ1) is 12.6. The zero-order chi connectivity index (χ0) is 18.8. The number of halogens is 1. The van der Waals surface area contributed by atoms with Crippen LogP contribution in [0.25, 0.3) is 0 Å². The summed E-state index contributed by atoms with van der Waals surface area (Å²) in [6, 6.07) is 5.96. The van der Waals surface area contributed by atoms with Crippen LogP contribution in [0, 0.1) is 11.7 Å². The molecule has 1 aromatic carbocycles. The van der Waals surface area contributed by atoms with E-state index in [1.807, 2.05) is 7.05 Å². The molecule has 6 nitrogen and oxygen atoms in total. The van der Waals surface area contributed by atoms with Gasteiger partial charge < -0.3 is 20.3 Å². The van der Waals surface area contributed by atoms with E-state index in [4.69, 9.17) is 4.74 Å². The molecule has 0 aromatic heterocycles. The molecular weight excluding hydrogens is 335 g/mol. The summed E-state index contributed by atoms with van der Waals surface area (Å²) in [6.07, 6.45) is 3.37. The largest absolute Gasteiger partial charge is 0.381 e. The zero-order valence-electron chi connectivity index (χ0n) is 15.6. The maximum Gasteiger partial charge on any atom is 0.254 e. The van der Waals surface area contributed by atoms with E-state index < -0.39 is 11.7 Å². The second-order valence-corrected chi connectivity index (χ2v) is 6.48. The van der Waals surface area contributed by atoms with Crippen LogP contribution in [0.15, 0.2) is 29.3 Å². The van der Waals surface area contributed by atoms with Gasteiger partial charge >= 0.3 is 0 Å². The van der Waals surface area contributed by atoms with Gasteiger partial charge in [0.2, 0.25) is 0 Å². The lowest BCUT2D eigenvalue weighted by Crippen LogP contribution is -2.43. The summed E-state index contributed by atoms with van der Waals surface area (Å²) < 4.78 is 19.0. The summed E-state index contributed by atoms with van der Waals surface area (Å²) >= 11 is 0. The van der Waals surface area contributed by atoms with Gasteiger partial charge in [-0.2, -0.15) is 0 Å². The van der Waals surface area contributed by atoms with Gasteiger partial charge in [-0.05, 0) is 37.3 Å². The maximum atomic E-state index is 13.6. The van der Waals surface area contributed by atoms with Crippen LogP contribution in [0.3, 0.4) is 0 Å². The number of ether oxygens (including phenoxy) is 1. The molecule has 0 unspecified atom stereocenters. The lowest BCUT2D eigenvalue weighted by Gasteiger charge is -2.26. The van der Waals surface area contributed by atoms with E-state index >= 15 is 0 Å². The Morgan fingerprint density at radius 1 is 1.27 bits per heavy atom. The monoisotopic (exact) mass is 364 g/mol. The third-order valence-electron chi connectivity index (χ3n) is 4.60. The lowest BCUT2D eigenvalue weighted by molar-refractivity contribution is 0.0625. The van der Waals surface area contributed by atoms with E-state index in [1.165, 1.54) is 12.1 Å². The highest BCUT2D eigenvalue weighted by Crippen LogP contribution is 2.18. The van der Waals surface area contributed by atoms with Gasteiger partial charge in [-0.15, -0.1) is 0 Å². The minimum Gasteiger partial charge on any atom is -0.381 e. The molecular formula is C19H29FN4O2. The summed E-state index contributed by atoms with van der Waals surface area (Å²) in [5.41, 5.74) is 0.0606. The molecule has 0 atom stereocenters. The fraction of sp³-hybridized carbons (Fsp3) is 0.579. The summed E-state index contributed by atoms with van der Waals surface area (Å²) in [5, 5.41) is 5.93. The Kier molecular flexibility index (Phi) is 8.34. The number of carbonyl (C=O) groups is 1. The van der Waals surface area contributed by atoms with Crippen LogP contribution in [0.4, 0.5) is 4.39 Å². The third kappa shape index (κ3) is 6.29. The highest BCUT2D eigenvalue weighted by molar-refractivity contribution is 5.94. The normalized spacial score (nSPS) is 15.6. The number of hydrogen-bond acceptors (Lipinski definition) is 3. The predicted octanol–water partition coefficient (Wildman–Crippen LogP) is 1.88. The van der Waals surface area contributed by atoms with Gasteiger partial charge in [0.1, 0.15) is 5.82 Å². The van der Waals surface area contributed by atoms with Gasteiger partial charge in [-0.3, -0.25) is 9.79 Å². The van der Waals surface area contributed by atoms with Gasteiger partial charge in [0.15, 0.2) is 5.96 Å². The quantitative estimate of drug-likeness (QED) is 0.440. The van der Waals surface area contributed by atoms with Crippen molar-refractivity contribution in [3.63, 3.8) is 0 Å². The molecule has 1 aliphatic heterocycles. The van der Waals surface area contributed by atoms with Gasteiger partial charge in [0.25, 0.3) is 5.91 Å². The SMILES string of the molecule is CN=C(NCCNC(=O)c1ccccc1F)N(C)CCC1CCOCC1. The first-order valence-corrected chi connectivity index (χ1v) is 9.14. The summed E-state index contributed by atoms with van der Waals surface area (Å²) in [4.78, 5) is 18.3. The Hall–Kier alpha value is -2.15. The van der Waals surface area contributed by atoms with E-state index in [-0.39, 0.29) is 5.56 Å². The number of benzene rings is 1. The minimum absolute atomic E-state index is 0.0606. The van der Waals surface area contributed by atoms with Crippen LogP contribution >= 0.6 is 0 Å². The van der Waals surface area contributed by atoms with Crippen molar-refractivity contribution in [3.05, 3.63) is 35.6 Å². The first kappa shape index (κ1) is 20.2. The molecule has 26 heavy (non-hydrogen) atoms. The highest BCUT2D eigenvalue weighted by Gasteiger charge is 2.15. The van der Waals surface area contributed by atoms with Crippen LogP contribution < -0.4 is 10.6 Å². The predicted molar refractivity (Wildman–Crippen MR) is 101 cm³/mol. The number of carbonyl (C=O) groups excluding carboxylic acids is 1. The molecule has 1 aromatic rings. The van der Waals surface area contributed by atoms with Crippen LogP contribution in [0.5, 0.6) is 0 Å². The molecule has 1 saturated heterocycles. The van der Waals surface area contributed by atoms with Crippen molar-refractivity contribution in [2.75, 3.05) is 46.9 Å². The lowest BCUT2D eigenvalue weighted by atomic mass is 9.96. The van der Waals surface area contributed by atoms with Gasteiger partial charge in [-0.1, -0.05) is 12.1 Å². The maximum absolute atomic E-state index is 13.6. The molecule has 1 aliphatic rings. The number of rotatable bonds is 7. The molecule has 0 bridgehead atoms. The molecule has 0 aliphatic carbocycles. The second-order valence-electron chi connectivity index (χ2n) is 6.48. The number of hydrogen-bond donors (Lipinski definition) is 2. The standard InChI is InChI=1S/C19H29FN4O2/c1-21-19(24(2)12-7-15-8-13-26-14-9-15)23-11-10-22-18(25)16-5-3-4-6-17(16)20/h3-6,15H,7-14H2,1-2H3,(H,21,23)(H,22,25). The number of amides is 1. The van der Waals surface area contributed by atoms with Crippen molar-refractivity contribution in [1.29, 1.82) is 0 Å². The van der Waals surface area contributed by atoms with Gasteiger partial charge in [0, 0.05) is 46.9 Å². The van der Waals surface area contributed by atoms with Gasteiger partial charge in [0.05, 0.1) is 5.56 Å². The molecule has 0 saturated carbocycles. The molecule has 1 amide bonds. The average Bonchev–Trinajstić information content (AvgIpc) is 2.67. The molecule has 0 radical (unpaired) electrons. The van der Waals surface area contributed by atoms with Crippen molar-refractivity contribution in [3.8, 4) is 0 Å². The smallest absolute Gasteiger partial charge is 0.254 e. The second kappa shape index (κ2) is 10.8. The number of nitrogens with one attached hydrogen (secondary N) is 2. The number of nitrogens with zero attached hydrogens (tertiary/aromatic N) is 2. The van der Waals surface area contributed by atoms with E-state index in [0.717, 1.165) is 45.0 Å². The molecule has 2 rings (SSSR count). The van der Waals surface area contributed by atoms with E-state index in [1.54, 1.807) is 19.2 Å². The highest BCUT2D eigenvalue weighted by atomic mass is 19.1. The van der Waals surface area contributed by atoms with Crippen LogP contribution in [-0.4, -0.2) is 63.7 Å². The summed E-state index contributed by atoms with van der Waals surface area (Å²) in [5.74, 6) is 0.580. The Labute approximate surface area is 154 Å². The minimum atomic E-state index is -0.512. The van der Waals surface area contributed by atoms with E-state index in [2.05, 4.69) is 20.5 Å².